The van der Waals surface area contributed by atoms with Crippen LogP contribution in [0.2, 0.25) is 0 Å². The minimum atomic E-state index is -0.112. The summed E-state index contributed by atoms with van der Waals surface area (Å²) in [5.74, 6) is 0.883. The molecule has 94 valence electrons. The molecule has 0 aliphatic carbocycles. The summed E-state index contributed by atoms with van der Waals surface area (Å²) >= 11 is 6.52. The highest BCUT2D eigenvalue weighted by Crippen LogP contribution is 2.37. The summed E-state index contributed by atoms with van der Waals surface area (Å²) in [5, 5.41) is -0.112. The van der Waals surface area contributed by atoms with Gasteiger partial charge in [0.05, 0.1) is 18.1 Å². The Morgan fingerprint density at radius 2 is 2.35 bits per heavy atom. The molecule has 1 fully saturated rings. The topological polar surface area (TPSA) is 18.5 Å². The van der Waals surface area contributed by atoms with Crippen LogP contribution in [0.1, 0.15) is 36.3 Å². The fourth-order valence-electron chi connectivity index (χ4n) is 2.20. The van der Waals surface area contributed by atoms with Gasteiger partial charge < -0.3 is 9.47 Å². The van der Waals surface area contributed by atoms with Crippen molar-refractivity contribution in [1.82, 2.24) is 0 Å². The van der Waals surface area contributed by atoms with E-state index < -0.39 is 0 Å². The first-order valence-electron chi connectivity index (χ1n) is 6.21. The van der Waals surface area contributed by atoms with Gasteiger partial charge in [0, 0.05) is 12.2 Å². The zero-order valence-electron chi connectivity index (χ0n) is 10.4. The van der Waals surface area contributed by atoms with Crippen LogP contribution >= 0.6 is 11.6 Å². The summed E-state index contributed by atoms with van der Waals surface area (Å²) in [4.78, 5) is 0. The first-order chi connectivity index (χ1) is 8.22. The summed E-state index contributed by atoms with van der Waals surface area (Å²) in [7, 11) is 0. The van der Waals surface area contributed by atoms with Crippen molar-refractivity contribution in [2.45, 2.75) is 38.2 Å². The molecule has 1 heterocycles. The van der Waals surface area contributed by atoms with E-state index >= 15 is 0 Å². The molecule has 1 aliphatic heterocycles. The molecule has 0 bridgehead atoms. The maximum absolute atomic E-state index is 6.52. The molecule has 2 rings (SSSR count). The number of aryl methyl sites for hydroxylation is 1. The smallest absolute Gasteiger partial charge is 0.124 e. The highest BCUT2D eigenvalue weighted by atomic mass is 35.5. The van der Waals surface area contributed by atoms with Crippen molar-refractivity contribution in [3.63, 3.8) is 0 Å². The first-order valence-corrected chi connectivity index (χ1v) is 6.65. The standard InChI is InChI=1S/C14H19ClO2/c1-3-16-12-7-6-10(2)9-11(12)14(15)13-5-4-8-17-13/h6-7,9,13-14H,3-5,8H2,1-2H3. The first kappa shape index (κ1) is 12.7. The molecule has 0 radical (unpaired) electrons. The monoisotopic (exact) mass is 254 g/mol. The van der Waals surface area contributed by atoms with Crippen LogP contribution in [-0.4, -0.2) is 19.3 Å². The minimum absolute atomic E-state index is 0.112. The van der Waals surface area contributed by atoms with E-state index in [2.05, 4.69) is 13.0 Å². The third-order valence-corrected chi connectivity index (χ3v) is 3.57. The van der Waals surface area contributed by atoms with Gasteiger partial charge in [-0.15, -0.1) is 11.6 Å². The van der Waals surface area contributed by atoms with Gasteiger partial charge >= 0.3 is 0 Å². The molecule has 1 aromatic rings. The van der Waals surface area contributed by atoms with Gasteiger partial charge in [-0.05, 0) is 32.8 Å². The van der Waals surface area contributed by atoms with Crippen LogP contribution in [0.3, 0.4) is 0 Å². The Morgan fingerprint density at radius 3 is 3.00 bits per heavy atom. The zero-order valence-corrected chi connectivity index (χ0v) is 11.2. The lowest BCUT2D eigenvalue weighted by Crippen LogP contribution is -2.14. The van der Waals surface area contributed by atoms with E-state index in [1.807, 2.05) is 19.1 Å². The molecule has 3 heteroatoms. The van der Waals surface area contributed by atoms with Gasteiger partial charge in [-0.3, -0.25) is 0 Å². The van der Waals surface area contributed by atoms with E-state index in [4.69, 9.17) is 21.1 Å². The molecule has 1 aliphatic rings. The fraction of sp³-hybridized carbons (Fsp3) is 0.571. The van der Waals surface area contributed by atoms with Gasteiger partial charge in [-0.1, -0.05) is 17.7 Å². The molecule has 0 saturated carbocycles. The molecule has 1 saturated heterocycles. The number of alkyl halides is 1. The molecule has 0 amide bonds. The second-order valence-corrected chi connectivity index (χ2v) is 4.90. The quantitative estimate of drug-likeness (QED) is 0.760. The molecule has 2 nitrogen and oxygen atoms in total. The summed E-state index contributed by atoms with van der Waals surface area (Å²) in [6, 6.07) is 6.15. The molecular formula is C14H19ClO2. The lowest BCUT2D eigenvalue weighted by molar-refractivity contribution is 0.106. The van der Waals surface area contributed by atoms with Crippen molar-refractivity contribution in [3.05, 3.63) is 29.3 Å². The molecule has 2 atom stereocenters. The highest BCUT2D eigenvalue weighted by Gasteiger charge is 2.27. The van der Waals surface area contributed by atoms with Crippen LogP contribution in [0.5, 0.6) is 5.75 Å². The zero-order chi connectivity index (χ0) is 12.3. The Labute approximate surface area is 108 Å². The summed E-state index contributed by atoms with van der Waals surface area (Å²) in [6.07, 6.45) is 2.26. The Bertz CT molecular complexity index is 372. The third kappa shape index (κ3) is 2.93. The fourth-order valence-corrected chi connectivity index (χ4v) is 2.57. The SMILES string of the molecule is CCOc1ccc(C)cc1C(Cl)C1CCCO1. The van der Waals surface area contributed by atoms with Gasteiger partial charge in [0.15, 0.2) is 0 Å². The van der Waals surface area contributed by atoms with Crippen molar-refractivity contribution < 1.29 is 9.47 Å². The van der Waals surface area contributed by atoms with E-state index in [0.29, 0.717) is 6.61 Å². The van der Waals surface area contributed by atoms with Crippen molar-refractivity contribution in [2.24, 2.45) is 0 Å². The maximum Gasteiger partial charge on any atom is 0.124 e. The number of hydrogen-bond acceptors (Lipinski definition) is 2. The van der Waals surface area contributed by atoms with E-state index in [1.54, 1.807) is 0 Å². The van der Waals surface area contributed by atoms with Crippen LogP contribution in [0.15, 0.2) is 18.2 Å². The number of halogens is 1. The third-order valence-electron chi connectivity index (χ3n) is 3.05. The van der Waals surface area contributed by atoms with Crippen LogP contribution < -0.4 is 4.74 Å². The minimum Gasteiger partial charge on any atom is -0.494 e. The molecule has 1 aromatic carbocycles. The number of rotatable bonds is 4. The largest absolute Gasteiger partial charge is 0.494 e. The average Bonchev–Trinajstić information content (AvgIpc) is 2.84. The molecular weight excluding hydrogens is 236 g/mol. The number of hydrogen-bond donors (Lipinski definition) is 0. The van der Waals surface area contributed by atoms with E-state index in [9.17, 15) is 0 Å². The number of ether oxygens (including phenoxy) is 2. The molecule has 2 unspecified atom stereocenters. The Kier molecular flexibility index (Phi) is 4.30. The molecule has 0 spiro atoms. The van der Waals surface area contributed by atoms with Crippen molar-refractivity contribution in [1.29, 1.82) is 0 Å². The lowest BCUT2D eigenvalue weighted by Gasteiger charge is -2.20. The van der Waals surface area contributed by atoms with Crippen molar-refractivity contribution in [2.75, 3.05) is 13.2 Å². The van der Waals surface area contributed by atoms with E-state index in [-0.39, 0.29) is 11.5 Å². The highest BCUT2D eigenvalue weighted by molar-refractivity contribution is 6.21. The van der Waals surface area contributed by atoms with Crippen LogP contribution in [-0.2, 0) is 4.74 Å². The summed E-state index contributed by atoms with van der Waals surface area (Å²) in [5.41, 5.74) is 2.26. The predicted octanol–water partition coefficient (Wildman–Crippen LogP) is 3.85. The van der Waals surface area contributed by atoms with Gasteiger partial charge in [-0.25, -0.2) is 0 Å². The average molecular weight is 255 g/mol. The van der Waals surface area contributed by atoms with E-state index in [0.717, 1.165) is 30.8 Å². The molecule has 17 heavy (non-hydrogen) atoms. The second kappa shape index (κ2) is 5.74. The Morgan fingerprint density at radius 1 is 1.53 bits per heavy atom. The van der Waals surface area contributed by atoms with Crippen molar-refractivity contribution >= 4 is 11.6 Å². The van der Waals surface area contributed by atoms with Crippen LogP contribution in [0, 0.1) is 6.92 Å². The lowest BCUT2D eigenvalue weighted by atomic mass is 10.0. The van der Waals surface area contributed by atoms with Crippen LogP contribution in [0.25, 0.3) is 0 Å². The predicted molar refractivity (Wildman–Crippen MR) is 69.9 cm³/mol. The van der Waals surface area contributed by atoms with Crippen LogP contribution in [0.4, 0.5) is 0 Å². The van der Waals surface area contributed by atoms with Gasteiger partial charge in [0.1, 0.15) is 5.75 Å². The van der Waals surface area contributed by atoms with Crippen molar-refractivity contribution in [3.8, 4) is 5.75 Å². The normalized spacial score (nSPS) is 21.5. The second-order valence-electron chi connectivity index (χ2n) is 4.43. The van der Waals surface area contributed by atoms with Gasteiger partial charge in [0.25, 0.3) is 0 Å². The van der Waals surface area contributed by atoms with Gasteiger partial charge in [0.2, 0.25) is 0 Å². The molecule has 0 N–H and O–H groups in total. The number of benzene rings is 1. The maximum atomic E-state index is 6.52. The summed E-state index contributed by atoms with van der Waals surface area (Å²) in [6.45, 7) is 5.53. The van der Waals surface area contributed by atoms with Gasteiger partial charge in [-0.2, -0.15) is 0 Å². The molecule has 0 aromatic heterocycles. The Balaban J connectivity index is 2.24. The summed E-state index contributed by atoms with van der Waals surface area (Å²) < 4.78 is 11.3. The Hall–Kier alpha value is -0.730. The van der Waals surface area contributed by atoms with E-state index in [1.165, 1.54) is 5.56 Å².